The summed E-state index contributed by atoms with van der Waals surface area (Å²) in [6.45, 7) is 9.66. The number of H-pyrrole nitrogens is 1. The molecule has 2 nitrogen and oxygen atoms in total. The molecule has 1 aromatic heterocycles. The fraction of sp³-hybridized carbons (Fsp3) is 0.833. The van der Waals surface area contributed by atoms with Crippen LogP contribution in [-0.2, 0) is 5.54 Å². The monoisotopic (exact) mass is 304 g/mol. The minimum Gasteiger partial charge on any atom is -0.337 e. The second-order valence-corrected chi connectivity index (χ2v) is 9.75. The number of nitrogens with zero attached hydrogens (tertiary/aromatic N) is 1. The zero-order valence-corrected chi connectivity index (χ0v) is 14.6. The van der Waals surface area contributed by atoms with Crippen LogP contribution in [0.5, 0.6) is 0 Å². The third kappa shape index (κ3) is 1.92. The molecule has 1 heterocycles. The third-order valence-corrected chi connectivity index (χ3v) is 6.77. The van der Waals surface area contributed by atoms with Crippen molar-refractivity contribution >= 4 is 12.2 Å². The Morgan fingerprint density at radius 1 is 1.14 bits per heavy atom. The average molecular weight is 305 g/mol. The summed E-state index contributed by atoms with van der Waals surface area (Å²) in [5.74, 6) is 1.44. The van der Waals surface area contributed by atoms with Crippen LogP contribution in [0.3, 0.4) is 0 Å². The average Bonchev–Trinajstić information content (AvgIpc) is 2.66. The van der Waals surface area contributed by atoms with Crippen LogP contribution in [0.4, 0.5) is 0 Å². The zero-order chi connectivity index (χ0) is 15.0. The number of imidazole rings is 1. The predicted octanol–water partition coefficient (Wildman–Crippen LogP) is 5.37. The first-order chi connectivity index (χ1) is 9.74. The van der Waals surface area contributed by atoms with E-state index in [4.69, 9.17) is 12.2 Å². The van der Waals surface area contributed by atoms with Gasteiger partial charge in [0.1, 0.15) is 0 Å². The van der Waals surface area contributed by atoms with Gasteiger partial charge in [-0.05, 0) is 73.4 Å². The summed E-state index contributed by atoms with van der Waals surface area (Å²) in [6, 6.07) is 0. The maximum Gasteiger partial charge on any atom is 0.177 e. The van der Waals surface area contributed by atoms with Crippen molar-refractivity contribution < 1.29 is 0 Å². The van der Waals surface area contributed by atoms with Crippen molar-refractivity contribution in [2.45, 2.75) is 77.7 Å². The lowest BCUT2D eigenvalue weighted by molar-refractivity contribution is -0.137. The highest BCUT2D eigenvalue weighted by atomic mass is 32.1. The molecule has 0 saturated heterocycles. The Labute approximate surface area is 133 Å². The lowest BCUT2D eigenvalue weighted by atomic mass is 9.42. The van der Waals surface area contributed by atoms with Crippen LogP contribution in [-0.4, -0.2) is 9.55 Å². The first kappa shape index (κ1) is 14.0. The molecule has 5 rings (SSSR count). The summed E-state index contributed by atoms with van der Waals surface area (Å²) in [7, 11) is 0. The first-order valence-corrected chi connectivity index (χ1v) is 8.96. The maximum absolute atomic E-state index is 5.71. The highest BCUT2D eigenvalue weighted by molar-refractivity contribution is 7.71. The third-order valence-electron chi connectivity index (χ3n) is 6.47. The molecule has 3 heteroatoms. The molecule has 0 radical (unpaired) electrons. The lowest BCUT2D eigenvalue weighted by Gasteiger charge is -2.65. The van der Waals surface area contributed by atoms with Crippen LogP contribution in [0.2, 0.25) is 0 Å². The number of aromatic amines is 1. The molecule has 0 aromatic carbocycles. The molecule has 0 aliphatic heterocycles. The van der Waals surface area contributed by atoms with Gasteiger partial charge in [-0.25, -0.2) is 0 Å². The van der Waals surface area contributed by atoms with Crippen LogP contribution in [0.25, 0.3) is 0 Å². The van der Waals surface area contributed by atoms with E-state index in [1.165, 1.54) is 44.2 Å². The van der Waals surface area contributed by atoms with Crippen molar-refractivity contribution in [1.82, 2.24) is 9.55 Å². The molecule has 1 aromatic rings. The number of rotatable bonds is 2. The van der Waals surface area contributed by atoms with Gasteiger partial charge in [0.2, 0.25) is 0 Å². The van der Waals surface area contributed by atoms with Gasteiger partial charge in [0, 0.05) is 17.4 Å². The smallest absolute Gasteiger partial charge is 0.177 e. The Hall–Kier alpha value is -0.570. The van der Waals surface area contributed by atoms with E-state index in [0.717, 1.165) is 10.7 Å². The molecule has 2 unspecified atom stereocenters. The van der Waals surface area contributed by atoms with E-state index in [0.29, 0.717) is 22.3 Å². The second-order valence-electron chi connectivity index (χ2n) is 9.36. The number of hydrogen-bond donors (Lipinski definition) is 1. The molecule has 4 aliphatic rings. The van der Waals surface area contributed by atoms with Gasteiger partial charge in [0.05, 0.1) is 0 Å². The minimum atomic E-state index is 0.291. The second kappa shape index (κ2) is 4.04. The van der Waals surface area contributed by atoms with Crippen LogP contribution in [0.15, 0.2) is 6.20 Å². The maximum atomic E-state index is 5.71. The molecule has 1 N–H and O–H groups in total. The topological polar surface area (TPSA) is 20.7 Å². The summed E-state index contributed by atoms with van der Waals surface area (Å²) in [4.78, 5) is 3.35. The summed E-state index contributed by atoms with van der Waals surface area (Å²) in [5.41, 5.74) is 2.77. The molecule has 2 atom stereocenters. The Kier molecular flexibility index (Phi) is 2.70. The fourth-order valence-corrected chi connectivity index (χ4v) is 7.29. The van der Waals surface area contributed by atoms with E-state index < -0.39 is 0 Å². The van der Waals surface area contributed by atoms with Crippen LogP contribution < -0.4 is 0 Å². The van der Waals surface area contributed by atoms with Crippen molar-refractivity contribution in [2.75, 3.05) is 0 Å². The largest absolute Gasteiger partial charge is 0.337 e. The first-order valence-electron chi connectivity index (χ1n) is 8.55. The SMILES string of the molecule is CC(C)c1c[nH]c(=S)n1C12CC3CC(C)(CC(C)(C3)C1)C2. The van der Waals surface area contributed by atoms with Crippen molar-refractivity contribution in [1.29, 1.82) is 0 Å². The number of aromatic nitrogens is 2. The Morgan fingerprint density at radius 2 is 1.76 bits per heavy atom. The summed E-state index contributed by atoms with van der Waals surface area (Å²) in [6.07, 6.45) is 10.5. The normalized spacial score (nSPS) is 44.7. The van der Waals surface area contributed by atoms with Crippen molar-refractivity contribution in [3.8, 4) is 0 Å². The Balaban J connectivity index is 1.89. The highest BCUT2D eigenvalue weighted by Crippen LogP contribution is 2.68. The van der Waals surface area contributed by atoms with Crippen molar-refractivity contribution in [3.63, 3.8) is 0 Å². The van der Waals surface area contributed by atoms with Gasteiger partial charge in [-0.15, -0.1) is 0 Å². The number of hydrogen-bond acceptors (Lipinski definition) is 1. The molecule has 116 valence electrons. The molecule has 4 bridgehead atoms. The van der Waals surface area contributed by atoms with E-state index in [1.807, 2.05) is 0 Å². The van der Waals surface area contributed by atoms with Crippen LogP contribution in [0, 0.1) is 21.5 Å². The van der Waals surface area contributed by atoms with Crippen LogP contribution in [0.1, 0.15) is 77.8 Å². The molecule has 0 spiro atoms. The van der Waals surface area contributed by atoms with E-state index in [9.17, 15) is 0 Å². The standard InChI is InChI=1S/C18H28N2S/c1-12(2)14-8-19-15(21)20(14)18-7-13-5-16(3,10-18)9-17(4,6-13)11-18/h8,12-13H,5-7,9-11H2,1-4H3,(H,19,21). The minimum absolute atomic E-state index is 0.291. The van der Waals surface area contributed by atoms with Gasteiger partial charge in [-0.3, -0.25) is 0 Å². The Bertz CT molecular complexity index is 620. The summed E-state index contributed by atoms with van der Waals surface area (Å²) < 4.78 is 3.50. The fourth-order valence-electron chi connectivity index (χ4n) is 6.93. The predicted molar refractivity (Wildman–Crippen MR) is 89.1 cm³/mol. The summed E-state index contributed by atoms with van der Waals surface area (Å²) >= 11 is 5.71. The van der Waals surface area contributed by atoms with E-state index in [1.54, 1.807) is 0 Å². The van der Waals surface area contributed by atoms with Crippen molar-refractivity contribution in [2.24, 2.45) is 16.7 Å². The molecule has 4 saturated carbocycles. The van der Waals surface area contributed by atoms with Gasteiger partial charge < -0.3 is 9.55 Å². The Morgan fingerprint density at radius 3 is 2.29 bits per heavy atom. The molecular weight excluding hydrogens is 276 g/mol. The van der Waals surface area contributed by atoms with E-state index >= 15 is 0 Å². The highest BCUT2D eigenvalue weighted by Gasteiger charge is 2.61. The van der Waals surface area contributed by atoms with E-state index in [-0.39, 0.29) is 0 Å². The van der Waals surface area contributed by atoms with Crippen LogP contribution >= 0.6 is 12.2 Å². The molecule has 4 fully saturated rings. The summed E-state index contributed by atoms with van der Waals surface area (Å²) in [5, 5.41) is 0. The van der Waals surface area contributed by atoms with Gasteiger partial charge in [0.25, 0.3) is 0 Å². The zero-order valence-electron chi connectivity index (χ0n) is 13.8. The molecule has 0 amide bonds. The van der Waals surface area contributed by atoms with E-state index in [2.05, 4.69) is 43.4 Å². The van der Waals surface area contributed by atoms with Gasteiger partial charge in [-0.2, -0.15) is 0 Å². The van der Waals surface area contributed by atoms with Crippen molar-refractivity contribution in [3.05, 3.63) is 16.7 Å². The molecule has 4 aliphatic carbocycles. The molecule has 21 heavy (non-hydrogen) atoms. The molecular formula is C18H28N2S. The quantitative estimate of drug-likeness (QED) is 0.728. The van der Waals surface area contributed by atoms with Gasteiger partial charge in [-0.1, -0.05) is 27.7 Å². The van der Waals surface area contributed by atoms with Gasteiger partial charge >= 0.3 is 0 Å². The number of nitrogens with one attached hydrogen (secondary N) is 1. The lowest BCUT2D eigenvalue weighted by Crippen LogP contribution is -2.59. The van der Waals surface area contributed by atoms with Gasteiger partial charge in [0.15, 0.2) is 4.77 Å².